The Morgan fingerprint density at radius 3 is 2.56 bits per heavy atom. The van der Waals surface area contributed by atoms with Crippen molar-refractivity contribution in [2.24, 2.45) is 11.1 Å². The van der Waals surface area contributed by atoms with Gasteiger partial charge in [0.05, 0.1) is 11.6 Å². The molecule has 0 saturated carbocycles. The second kappa shape index (κ2) is 7.02. The fourth-order valence-corrected chi connectivity index (χ4v) is 2.82. The van der Waals surface area contributed by atoms with Crippen molar-refractivity contribution in [3.8, 4) is 0 Å². The van der Waals surface area contributed by atoms with Crippen LogP contribution in [0.2, 0.25) is 0 Å². The Bertz CT molecular complexity index is 299. The van der Waals surface area contributed by atoms with E-state index in [-0.39, 0.29) is 17.2 Å². The Kier molecular flexibility index (Phi) is 5.99. The summed E-state index contributed by atoms with van der Waals surface area (Å²) in [6.45, 7) is 5.87. The first kappa shape index (κ1) is 15.3. The molecule has 1 rings (SSSR count). The van der Waals surface area contributed by atoms with E-state index in [2.05, 4.69) is 0 Å². The third-order valence-electron chi connectivity index (χ3n) is 3.50. The van der Waals surface area contributed by atoms with Crippen molar-refractivity contribution in [2.75, 3.05) is 24.6 Å². The minimum atomic E-state index is -0.209. The van der Waals surface area contributed by atoms with E-state index in [0.29, 0.717) is 5.75 Å². The summed E-state index contributed by atoms with van der Waals surface area (Å²) in [5.74, 6) is 2.10. The molecule has 1 aliphatic heterocycles. The predicted molar refractivity (Wildman–Crippen MR) is 78.1 cm³/mol. The summed E-state index contributed by atoms with van der Waals surface area (Å²) in [5.41, 5.74) is 5.32. The van der Waals surface area contributed by atoms with E-state index in [1.807, 2.05) is 18.7 Å². The van der Waals surface area contributed by atoms with Gasteiger partial charge in [-0.2, -0.15) is 11.8 Å². The summed E-state index contributed by atoms with van der Waals surface area (Å²) in [6.07, 6.45) is 4.23. The summed E-state index contributed by atoms with van der Waals surface area (Å²) >= 11 is 1.70. The molecule has 0 spiro atoms. The molecule has 0 atom stereocenters. The van der Waals surface area contributed by atoms with Gasteiger partial charge in [-0.3, -0.25) is 10.2 Å². The molecule has 0 aromatic rings. The summed E-state index contributed by atoms with van der Waals surface area (Å²) in [7, 11) is 0. The van der Waals surface area contributed by atoms with E-state index in [1.54, 1.807) is 11.8 Å². The predicted octanol–water partition coefficient (Wildman–Crippen LogP) is 2.08. The van der Waals surface area contributed by atoms with Crippen LogP contribution in [0.5, 0.6) is 0 Å². The molecule has 1 heterocycles. The van der Waals surface area contributed by atoms with Gasteiger partial charge in [0.15, 0.2) is 0 Å². The molecular weight excluding hydrogens is 246 g/mol. The zero-order chi connectivity index (χ0) is 13.6. The number of carbonyl (C=O) groups excluding carboxylic acids is 1. The fraction of sp³-hybridized carbons (Fsp3) is 0.846. The Labute approximate surface area is 114 Å². The number of carbonyl (C=O) groups is 1. The van der Waals surface area contributed by atoms with Crippen molar-refractivity contribution in [1.82, 2.24) is 4.90 Å². The molecule has 0 aromatic carbocycles. The molecule has 0 bridgehead atoms. The number of hydrogen-bond donors (Lipinski definition) is 2. The van der Waals surface area contributed by atoms with Crippen LogP contribution in [0, 0.1) is 10.8 Å². The van der Waals surface area contributed by atoms with Crippen LogP contribution in [-0.2, 0) is 4.79 Å². The van der Waals surface area contributed by atoms with Gasteiger partial charge in [0.25, 0.3) is 0 Å². The number of thioether (sulfide) groups is 1. The first-order valence-electron chi connectivity index (χ1n) is 6.63. The maximum absolute atomic E-state index is 11.8. The molecule has 1 amide bonds. The van der Waals surface area contributed by atoms with Crippen molar-refractivity contribution >= 4 is 23.5 Å². The van der Waals surface area contributed by atoms with E-state index in [0.717, 1.165) is 44.5 Å². The monoisotopic (exact) mass is 271 g/mol. The molecule has 18 heavy (non-hydrogen) atoms. The first-order chi connectivity index (χ1) is 8.43. The van der Waals surface area contributed by atoms with Gasteiger partial charge in [0.2, 0.25) is 5.91 Å². The summed E-state index contributed by atoms with van der Waals surface area (Å²) < 4.78 is 0. The van der Waals surface area contributed by atoms with Crippen molar-refractivity contribution in [3.63, 3.8) is 0 Å². The lowest BCUT2D eigenvalue weighted by Gasteiger charge is -2.22. The van der Waals surface area contributed by atoms with Gasteiger partial charge in [0, 0.05) is 18.5 Å². The van der Waals surface area contributed by atoms with Gasteiger partial charge < -0.3 is 10.6 Å². The number of amides is 1. The Balaban J connectivity index is 2.08. The van der Waals surface area contributed by atoms with Crippen LogP contribution in [0.4, 0.5) is 0 Å². The standard InChI is InChI=1S/C13H25N3OS/c1-13(2,12(14)15)6-5-9-18-10-11(17)16-7-3-4-8-16/h3-10H2,1-2H3,(H3,14,15). The number of nitrogens with one attached hydrogen (secondary N) is 1. The lowest BCUT2D eigenvalue weighted by molar-refractivity contribution is -0.127. The Morgan fingerprint density at radius 1 is 1.39 bits per heavy atom. The van der Waals surface area contributed by atoms with Crippen molar-refractivity contribution < 1.29 is 4.79 Å². The van der Waals surface area contributed by atoms with Gasteiger partial charge in [-0.15, -0.1) is 0 Å². The first-order valence-corrected chi connectivity index (χ1v) is 7.79. The highest BCUT2D eigenvalue weighted by molar-refractivity contribution is 7.99. The largest absolute Gasteiger partial charge is 0.387 e. The molecule has 1 fully saturated rings. The Hall–Kier alpha value is -0.710. The van der Waals surface area contributed by atoms with Crippen LogP contribution < -0.4 is 5.73 Å². The normalized spacial score (nSPS) is 16.0. The van der Waals surface area contributed by atoms with E-state index in [9.17, 15) is 4.79 Å². The van der Waals surface area contributed by atoms with Gasteiger partial charge in [-0.05, 0) is 31.4 Å². The zero-order valence-corrected chi connectivity index (χ0v) is 12.3. The third-order valence-corrected chi connectivity index (χ3v) is 4.53. The summed E-state index contributed by atoms with van der Waals surface area (Å²) in [6, 6.07) is 0. The molecule has 104 valence electrons. The number of nitrogens with two attached hydrogens (primary N) is 1. The van der Waals surface area contributed by atoms with Crippen molar-refractivity contribution in [2.45, 2.75) is 39.5 Å². The number of amidine groups is 1. The van der Waals surface area contributed by atoms with E-state index < -0.39 is 0 Å². The molecule has 0 unspecified atom stereocenters. The van der Waals surface area contributed by atoms with Crippen molar-refractivity contribution in [3.05, 3.63) is 0 Å². The summed E-state index contributed by atoms with van der Waals surface area (Å²) in [4.78, 5) is 13.7. The average molecular weight is 271 g/mol. The molecular formula is C13H25N3OS. The molecule has 3 N–H and O–H groups in total. The van der Waals surface area contributed by atoms with Crippen LogP contribution in [0.1, 0.15) is 39.5 Å². The van der Waals surface area contributed by atoms with E-state index >= 15 is 0 Å². The minimum Gasteiger partial charge on any atom is -0.387 e. The van der Waals surface area contributed by atoms with Crippen LogP contribution in [0.15, 0.2) is 0 Å². The number of likely N-dealkylation sites (tertiary alicyclic amines) is 1. The molecule has 0 aliphatic carbocycles. The lowest BCUT2D eigenvalue weighted by Crippen LogP contribution is -2.31. The van der Waals surface area contributed by atoms with E-state index in [1.165, 1.54) is 0 Å². The minimum absolute atomic E-state index is 0.209. The van der Waals surface area contributed by atoms with Crippen LogP contribution in [-0.4, -0.2) is 41.2 Å². The number of hydrogen-bond acceptors (Lipinski definition) is 3. The summed E-state index contributed by atoms with van der Waals surface area (Å²) in [5, 5.41) is 7.47. The molecule has 1 aliphatic rings. The second-order valence-corrected chi connectivity index (χ2v) is 6.65. The lowest BCUT2D eigenvalue weighted by atomic mass is 9.87. The smallest absolute Gasteiger partial charge is 0.232 e. The van der Waals surface area contributed by atoms with Crippen LogP contribution in [0.25, 0.3) is 0 Å². The zero-order valence-electron chi connectivity index (χ0n) is 11.5. The molecule has 4 nitrogen and oxygen atoms in total. The maximum Gasteiger partial charge on any atom is 0.232 e. The Morgan fingerprint density at radius 2 is 2.00 bits per heavy atom. The molecule has 0 aromatic heterocycles. The third kappa shape index (κ3) is 4.88. The van der Waals surface area contributed by atoms with Gasteiger partial charge in [0.1, 0.15) is 0 Å². The average Bonchev–Trinajstić information content (AvgIpc) is 2.81. The quantitative estimate of drug-likeness (QED) is 0.423. The van der Waals surface area contributed by atoms with Gasteiger partial charge in [-0.1, -0.05) is 13.8 Å². The maximum atomic E-state index is 11.8. The molecule has 5 heteroatoms. The topological polar surface area (TPSA) is 70.2 Å². The number of nitrogens with zero attached hydrogens (tertiary/aromatic N) is 1. The fourth-order valence-electron chi connectivity index (χ4n) is 1.97. The molecule has 1 saturated heterocycles. The van der Waals surface area contributed by atoms with Crippen molar-refractivity contribution in [1.29, 1.82) is 5.41 Å². The highest BCUT2D eigenvalue weighted by Crippen LogP contribution is 2.23. The second-order valence-electron chi connectivity index (χ2n) is 5.54. The SMILES string of the molecule is CC(C)(CCCSCC(=O)N1CCCC1)C(=N)N. The van der Waals surface area contributed by atoms with Crippen LogP contribution in [0.3, 0.4) is 0 Å². The number of rotatable bonds is 7. The van der Waals surface area contributed by atoms with Gasteiger partial charge >= 0.3 is 0 Å². The highest BCUT2D eigenvalue weighted by Gasteiger charge is 2.21. The van der Waals surface area contributed by atoms with Gasteiger partial charge in [-0.25, -0.2) is 0 Å². The highest BCUT2D eigenvalue weighted by atomic mass is 32.2. The molecule has 0 radical (unpaired) electrons. The van der Waals surface area contributed by atoms with E-state index in [4.69, 9.17) is 11.1 Å². The van der Waals surface area contributed by atoms with Crippen LogP contribution >= 0.6 is 11.8 Å².